The molecule has 0 saturated carbocycles. The number of hydrogen-bond donors (Lipinski definition) is 2. The van der Waals surface area contributed by atoms with Gasteiger partial charge in [0, 0.05) is 24.8 Å². The zero-order chi connectivity index (χ0) is 13.0. The Bertz CT molecular complexity index is 425. The summed E-state index contributed by atoms with van der Waals surface area (Å²) in [7, 11) is 1.95. The van der Waals surface area contributed by atoms with E-state index in [9.17, 15) is 4.79 Å². The molecule has 4 nitrogen and oxygen atoms in total. The van der Waals surface area contributed by atoms with Crippen LogP contribution in [0.5, 0.6) is 0 Å². The van der Waals surface area contributed by atoms with Crippen LogP contribution in [0.3, 0.4) is 0 Å². The number of nitrogens with one attached hydrogen (secondary N) is 2. The summed E-state index contributed by atoms with van der Waals surface area (Å²) in [6.45, 7) is 3.65. The smallest absolute Gasteiger partial charge is 0.321 e. The fourth-order valence-electron chi connectivity index (χ4n) is 2.32. The highest BCUT2D eigenvalue weighted by Crippen LogP contribution is 2.14. The molecule has 0 bridgehead atoms. The standard InChI is InChI=1S/C14H21N3O.ClH/c1-11-5-3-6-12(9-11)16-14(18)17-8-4-7-13(10-17)15-2;/h3,5-6,9,13,15H,4,7-8,10H2,1-2H3,(H,16,18);1H. The SMILES string of the molecule is CNC1CCCN(C(=O)Nc2cccc(C)c2)C1.Cl. The summed E-state index contributed by atoms with van der Waals surface area (Å²) in [5, 5.41) is 6.20. The van der Waals surface area contributed by atoms with Crippen molar-refractivity contribution in [1.29, 1.82) is 0 Å². The molecule has 1 atom stereocenters. The van der Waals surface area contributed by atoms with Crippen LogP contribution in [0.2, 0.25) is 0 Å². The number of hydrogen-bond acceptors (Lipinski definition) is 2. The van der Waals surface area contributed by atoms with Crippen LogP contribution in [0, 0.1) is 6.92 Å². The van der Waals surface area contributed by atoms with Gasteiger partial charge in [-0.25, -0.2) is 4.79 Å². The second-order valence-corrected chi connectivity index (χ2v) is 4.87. The molecule has 0 spiro atoms. The van der Waals surface area contributed by atoms with Crippen LogP contribution < -0.4 is 10.6 Å². The summed E-state index contributed by atoms with van der Waals surface area (Å²) in [6.07, 6.45) is 2.21. The van der Waals surface area contributed by atoms with Crippen LogP contribution in [0.15, 0.2) is 24.3 Å². The lowest BCUT2D eigenvalue weighted by molar-refractivity contribution is 0.187. The van der Waals surface area contributed by atoms with Crippen molar-refractivity contribution in [3.05, 3.63) is 29.8 Å². The molecule has 0 radical (unpaired) electrons. The highest BCUT2D eigenvalue weighted by atomic mass is 35.5. The number of piperidine rings is 1. The number of amides is 2. The molecule has 5 heteroatoms. The molecule has 2 rings (SSSR count). The van der Waals surface area contributed by atoms with Gasteiger partial charge in [-0.05, 0) is 44.5 Å². The lowest BCUT2D eigenvalue weighted by Crippen LogP contribution is -2.48. The molecule has 1 aliphatic heterocycles. The maximum absolute atomic E-state index is 12.1. The number of nitrogens with zero attached hydrogens (tertiary/aromatic N) is 1. The largest absolute Gasteiger partial charge is 0.323 e. The summed E-state index contributed by atoms with van der Waals surface area (Å²) in [5.41, 5.74) is 2.02. The number of likely N-dealkylation sites (N-methyl/N-ethyl adjacent to an activating group) is 1. The molecule has 106 valence electrons. The van der Waals surface area contributed by atoms with Crippen LogP contribution in [0.1, 0.15) is 18.4 Å². The Labute approximate surface area is 121 Å². The number of anilines is 1. The maximum Gasteiger partial charge on any atom is 0.321 e. The summed E-state index contributed by atoms with van der Waals surface area (Å²) >= 11 is 0. The average molecular weight is 284 g/mol. The Hall–Kier alpha value is -1.26. The summed E-state index contributed by atoms with van der Waals surface area (Å²) in [6, 6.07) is 8.30. The van der Waals surface area contributed by atoms with Gasteiger partial charge >= 0.3 is 6.03 Å². The third-order valence-corrected chi connectivity index (χ3v) is 3.39. The van der Waals surface area contributed by atoms with Crippen molar-refractivity contribution in [2.45, 2.75) is 25.8 Å². The van der Waals surface area contributed by atoms with Gasteiger partial charge in [-0.2, -0.15) is 0 Å². The van der Waals surface area contributed by atoms with Gasteiger partial charge in [0.25, 0.3) is 0 Å². The normalized spacial score (nSPS) is 18.6. The van der Waals surface area contributed by atoms with Crippen molar-refractivity contribution in [3.8, 4) is 0 Å². The molecule has 1 saturated heterocycles. The van der Waals surface area contributed by atoms with Crippen molar-refractivity contribution < 1.29 is 4.79 Å². The van der Waals surface area contributed by atoms with Gasteiger partial charge in [-0.15, -0.1) is 12.4 Å². The lowest BCUT2D eigenvalue weighted by Gasteiger charge is -2.32. The molecule has 19 heavy (non-hydrogen) atoms. The average Bonchev–Trinajstić information content (AvgIpc) is 2.39. The molecule has 1 aromatic rings. The molecular weight excluding hydrogens is 262 g/mol. The number of carbonyl (C=O) groups is 1. The molecular formula is C14H22ClN3O. The molecule has 1 heterocycles. The Morgan fingerprint density at radius 2 is 2.21 bits per heavy atom. The molecule has 2 N–H and O–H groups in total. The predicted molar refractivity (Wildman–Crippen MR) is 81.1 cm³/mol. The van der Waals surface area contributed by atoms with Gasteiger partial charge in [0.05, 0.1) is 0 Å². The first-order valence-electron chi connectivity index (χ1n) is 6.49. The van der Waals surface area contributed by atoms with E-state index in [4.69, 9.17) is 0 Å². The highest BCUT2D eigenvalue weighted by molar-refractivity contribution is 5.89. The number of likely N-dealkylation sites (tertiary alicyclic amines) is 1. The molecule has 1 aliphatic rings. The van der Waals surface area contributed by atoms with Gasteiger partial charge in [-0.1, -0.05) is 12.1 Å². The lowest BCUT2D eigenvalue weighted by atomic mass is 10.1. The molecule has 1 unspecified atom stereocenters. The van der Waals surface area contributed by atoms with E-state index >= 15 is 0 Å². The molecule has 2 amide bonds. The maximum atomic E-state index is 12.1. The highest BCUT2D eigenvalue weighted by Gasteiger charge is 2.22. The van der Waals surface area contributed by atoms with Crippen molar-refractivity contribution in [2.24, 2.45) is 0 Å². The van der Waals surface area contributed by atoms with Gasteiger partial charge < -0.3 is 15.5 Å². The van der Waals surface area contributed by atoms with E-state index in [1.54, 1.807) is 0 Å². The first kappa shape index (κ1) is 15.8. The summed E-state index contributed by atoms with van der Waals surface area (Å²) in [5.74, 6) is 0. The van der Waals surface area contributed by atoms with Crippen molar-refractivity contribution >= 4 is 24.1 Å². The molecule has 1 aromatic carbocycles. The fraction of sp³-hybridized carbons (Fsp3) is 0.500. The Morgan fingerprint density at radius 3 is 2.89 bits per heavy atom. The van der Waals surface area contributed by atoms with Crippen LogP contribution in [-0.2, 0) is 0 Å². The monoisotopic (exact) mass is 283 g/mol. The topological polar surface area (TPSA) is 44.4 Å². The Morgan fingerprint density at radius 1 is 1.42 bits per heavy atom. The third-order valence-electron chi connectivity index (χ3n) is 3.39. The Balaban J connectivity index is 0.00000180. The van der Waals surface area contributed by atoms with E-state index in [1.807, 2.05) is 43.1 Å². The number of carbonyl (C=O) groups excluding carboxylic acids is 1. The second kappa shape index (κ2) is 7.36. The zero-order valence-electron chi connectivity index (χ0n) is 11.5. The van der Waals surface area contributed by atoms with E-state index in [2.05, 4.69) is 10.6 Å². The van der Waals surface area contributed by atoms with Gasteiger partial charge in [0.1, 0.15) is 0 Å². The number of rotatable bonds is 2. The second-order valence-electron chi connectivity index (χ2n) is 4.87. The number of urea groups is 1. The minimum absolute atomic E-state index is 0. The molecule has 1 fully saturated rings. The van der Waals surface area contributed by atoms with Gasteiger partial charge in [0.15, 0.2) is 0 Å². The Kier molecular flexibility index (Phi) is 6.12. The number of halogens is 1. The summed E-state index contributed by atoms with van der Waals surface area (Å²) < 4.78 is 0. The van der Waals surface area contributed by atoms with Crippen molar-refractivity contribution in [1.82, 2.24) is 10.2 Å². The number of benzene rings is 1. The van der Waals surface area contributed by atoms with E-state index < -0.39 is 0 Å². The van der Waals surface area contributed by atoms with Crippen molar-refractivity contribution in [2.75, 3.05) is 25.5 Å². The van der Waals surface area contributed by atoms with Crippen LogP contribution in [-0.4, -0.2) is 37.1 Å². The fourth-order valence-corrected chi connectivity index (χ4v) is 2.32. The third kappa shape index (κ3) is 4.40. The zero-order valence-corrected chi connectivity index (χ0v) is 12.3. The summed E-state index contributed by atoms with van der Waals surface area (Å²) in [4.78, 5) is 14.0. The minimum Gasteiger partial charge on any atom is -0.323 e. The predicted octanol–water partition coefficient (Wildman–Crippen LogP) is 2.63. The number of aryl methyl sites for hydroxylation is 1. The van der Waals surface area contributed by atoms with Crippen LogP contribution in [0.4, 0.5) is 10.5 Å². The minimum atomic E-state index is 0. The first-order chi connectivity index (χ1) is 8.69. The molecule has 0 aromatic heterocycles. The van der Waals surface area contributed by atoms with Gasteiger partial charge in [-0.3, -0.25) is 0 Å². The molecule has 0 aliphatic carbocycles. The van der Waals surface area contributed by atoms with E-state index in [0.29, 0.717) is 6.04 Å². The first-order valence-corrected chi connectivity index (χ1v) is 6.49. The van der Waals surface area contributed by atoms with E-state index in [0.717, 1.165) is 37.2 Å². The van der Waals surface area contributed by atoms with Crippen molar-refractivity contribution in [3.63, 3.8) is 0 Å². The van der Waals surface area contributed by atoms with Crippen LogP contribution in [0.25, 0.3) is 0 Å². The van der Waals surface area contributed by atoms with E-state index in [1.165, 1.54) is 0 Å². The van der Waals surface area contributed by atoms with Crippen LogP contribution >= 0.6 is 12.4 Å². The van der Waals surface area contributed by atoms with E-state index in [-0.39, 0.29) is 18.4 Å². The van der Waals surface area contributed by atoms with Gasteiger partial charge in [0.2, 0.25) is 0 Å². The quantitative estimate of drug-likeness (QED) is 0.876.